The molecule has 0 bridgehead atoms. The molecule has 19 heavy (non-hydrogen) atoms. The van der Waals surface area contributed by atoms with Crippen molar-refractivity contribution < 1.29 is 23.4 Å². The van der Waals surface area contributed by atoms with Crippen molar-refractivity contribution in [1.29, 1.82) is 0 Å². The zero-order chi connectivity index (χ0) is 14.4. The standard InChI is InChI=1S/C13H17F2NO3/c1-9(2)16(8-12(17)18)7-10-4-3-5-11(6-10)19-13(14)15/h3-6,9,13H,7-8H2,1-2H3,(H,17,18). The second-order valence-corrected chi connectivity index (χ2v) is 4.42. The number of carbonyl (C=O) groups is 1. The van der Waals surface area contributed by atoms with Gasteiger partial charge in [-0.25, -0.2) is 0 Å². The van der Waals surface area contributed by atoms with E-state index in [0.29, 0.717) is 6.54 Å². The summed E-state index contributed by atoms with van der Waals surface area (Å²) in [5.74, 6) is -0.847. The Bertz CT molecular complexity index is 424. The van der Waals surface area contributed by atoms with Gasteiger partial charge in [-0.1, -0.05) is 12.1 Å². The van der Waals surface area contributed by atoms with Crippen LogP contribution in [0.4, 0.5) is 8.78 Å². The molecule has 1 aromatic rings. The Labute approximate surface area is 110 Å². The predicted molar refractivity (Wildman–Crippen MR) is 66.3 cm³/mol. The highest BCUT2D eigenvalue weighted by Crippen LogP contribution is 2.17. The van der Waals surface area contributed by atoms with Gasteiger partial charge in [0.2, 0.25) is 0 Å². The van der Waals surface area contributed by atoms with Crippen molar-refractivity contribution in [2.45, 2.75) is 33.0 Å². The maximum atomic E-state index is 12.1. The van der Waals surface area contributed by atoms with Gasteiger partial charge in [-0.05, 0) is 31.5 Å². The molecule has 0 saturated heterocycles. The van der Waals surface area contributed by atoms with Gasteiger partial charge in [0.25, 0.3) is 0 Å². The van der Waals surface area contributed by atoms with E-state index in [2.05, 4.69) is 4.74 Å². The summed E-state index contributed by atoms with van der Waals surface area (Å²) >= 11 is 0. The van der Waals surface area contributed by atoms with E-state index in [-0.39, 0.29) is 18.3 Å². The molecular formula is C13H17F2NO3. The summed E-state index contributed by atoms with van der Waals surface area (Å²) in [5.41, 5.74) is 0.730. The smallest absolute Gasteiger partial charge is 0.387 e. The minimum atomic E-state index is -2.87. The molecule has 1 aromatic carbocycles. The van der Waals surface area contributed by atoms with E-state index in [9.17, 15) is 13.6 Å². The number of nitrogens with zero attached hydrogens (tertiary/aromatic N) is 1. The lowest BCUT2D eigenvalue weighted by atomic mass is 10.2. The fraction of sp³-hybridized carbons (Fsp3) is 0.462. The number of rotatable bonds is 7. The van der Waals surface area contributed by atoms with Crippen LogP contribution in [0.3, 0.4) is 0 Å². The average molecular weight is 273 g/mol. The number of benzene rings is 1. The van der Waals surface area contributed by atoms with E-state index < -0.39 is 12.6 Å². The second kappa shape index (κ2) is 7.04. The number of carboxylic acids is 1. The van der Waals surface area contributed by atoms with Gasteiger partial charge < -0.3 is 9.84 Å². The molecule has 0 radical (unpaired) electrons. The predicted octanol–water partition coefficient (Wildman–Crippen LogP) is 2.58. The van der Waals surface area contributed by atoms with Crippen LogP contribution < -0.4 is 4.74 Å². The summed E-state index contributed by atoms with van der Waals surface area (Å²) in [6.45, 7) is 1.16. The highest BCUT2D eigenvalue weighted by molar-refractivity contribution is 5.69. The Kier molecular flexibility index (Phi) is 5.69. The Balaban J connectivity index is 2.75. The Morgan fingerprint density at radius 3 is 2.63 bits per heavy atom. The van der Waals surface area contributed by atoms with Crippen LogP contribution in [-0.2, 0) is 11.3 Å². The van der Waals surface area contributed by atoms with Crippen LogP contribution >= 0.6 is 0 Å². The summed E-state index contributed by atoms with van der Waals surface area (Å²) in [7, 11) is 0. The number of alkyl halides is 2. The SMILES string of the molecule is CC(C)N(CC(=O)O)Cc1cccc(OC(F)F)c1. The summed E-state index contributed by atoms with van der Waals surface area (Å²) in [5, 5.41) is 8.82. The minimum Gasteiger partial charge on any atom is -0.480 e. The molecule has 0 fully saturated rings. The number of hydrogen-bond donors (Lipinski definition) is 1. The first-order chi connectivity index (χ1) is 8.88. The number of halogens is 2. The molecule has 0 atom stereocenters. The van der Waals surface area contributed by atoms with Gasteiger partial charge in [0.05, 0.1) is 6.54 Å². The lowest BCUT2D eigenvalue weighted by molar-refractivity contribution is -0.138. The molecule has 0 aliphatic carbocycles. The Hall–Kier alpha value is -1.69. The highest BCUT2D eigenvalue weighted by atomic mass is 19.3. The van der Waals surface area contributed by atoms with Crippen molar-refractivity contribution in [3.05, 3.63) is 29.8 Å². The first-order valence-corrected chi connectivity index (χ1v) is 5.88. The largest absolute Gasteiger partial charge is 0.480 e. The maximum Gasteiger partial charge on any atom is 0.387 e. The summed E-state index contributed by atoms with van der Waals surface area (Å²) < 4.78 is 28.5. The molecule has 1 rings (SSSR count). The molecule has 106 valence electrons. The van der Waals surface area contributed by atoms with E-state index >= 15 is 0 Å². The van der Waals surface area contributed by atoms with Crippen LogP contribution in [0.2, 0.25) is 0 Å². The zero-order valence-electron chi connectivity index (χ0n) is 10.8. The first kappa shape index (κ1) is 15.4. The molecule has 1 N–H and O–H groups in total. The summed E-state index contributed by atoms with van der Waals surface area (Å²) in [4.78, 5) is 12.5. The molecule has 0 saturated carbocycles. The average Bonchev–Trinajstić information content (AvgIpc) is 2.26. The summed E-state index contributed by atoms with van der Waals surface area (Å²) in [6, 6.07) is 6.31. The third-order valence-corrected chi connectivity index (χ3v) is 2.58. The Morgan fingerprint density at radius 2 is 2.11 bits per heavy atom. The third kappa shape index (κ3) is 5.65. The number of aliphatic carboxylic acids is 1. The molecule has 0 amide bonds. The van der Waals surface area contributed by atoms with E-state index in [1.807, 2.05) is 13.8 Å². The fourth-order valence-electron chi connectivity index (χ4n) is 1.65. The van der Waals surface area contributed by atoms with Gasteiger partial charge in [0.1, 0.15) is 5.75 Å². The lowest BCUT2D eigenvalue weighted by Crippen LogP contribution is -2.35. The van der Waals surface area contributed by atoms with Gasteiger partial charge in [-0.15, -0.1) is 0 Å². The lowest BCUT2D eigenvalue weighted by Gasteiger charge is -2.24. The van der Waals surface area contributed by atoms with Crippen molar-refractivity contribution in [1.82, 2.24) is 4.90 Å². The molecular weight excluding hydrogens is 256 g/mol. The molecule has 0 spiro atoms. The van der Waals surface area contributed by atoms with Crippen LogP contribution in [0.5, 0.6) is 5.75 Å². The van der Waals surface area contributed by atoms with Gasteiger partial charge in [-0.3, -0.25) is 9.69 Å². The van der Waals surface area contributed by atoms with Crippen LogP contribution in [0.25, 0.3) is 0 Å². The van der Waals surface area contributed by atoms with E-state index in [4.69, 9.17) is 5.11 Å². The first-order valence-electron chi connectivity index (χ1n) is 5.88. The molecule has 0 heterocycles. The van der Waals surface area contributed by atoms with Crippen LogP contribution in [-0.4, -0.2) is 35.2 Å². The van der Waals surface area contributed by atoms with Crippen molar-refractivity contribution in [2.75, 3.05) is 6.54 Å². The number of carboxylic acid groups (broad SMARTS) is 1. The number of hydrogen-bond acceptors (Lipinski definition) is 3. The van der Waals surface area contributed by atoms with Crippen molar-refractivity contribution in [2.24, 2.45) is 0 Å². The summed E-state index contributed by atoms with van der Waals surface area (Å²) in [6.07, 6.45) is 0. The van der Waals surface area contributed by atoms with E-state index in [0.717, 1.165) is 5.56 Å². The third-order valence-electron chi connectivity index (χ3n) is 2.58. The molecule has 4 nitrogen and oxygen atoms in total. The monoisotopic (exact) mass is 273 g/mol. The highest BCUT2D eigenvalue weighted by Gasteiger charge is 2.14. The maximum absolute atomic E-state index is 12.1. The molecule has 6 heteroatoms. The topological polar surface area (TPSA) is 49.8 Å². The van der Waals surface area contributed by atoms with Crippen molar-refractivity contribution in [3.8, 4) is 5.75 Å². The van der Waals surface area contributed by atoms with Gasteiger partial charge in [0, 0.05) is 12.6 Å². The molecule has 0 aliphatic heterocycles. The Morgan fingerprint density at radius 1 is 1.42 bits per heavy atom. The normalized spacial score (nSPS) is 11.3. The minimum absolute atomic E-state index is 0.0378. The van der Waals surface area contributed by atoms with E-state index in [1.54, 1.807) is 17.0 Å². The van der Waals surface area contributed by atoms with Crippen LogP contribution in [0.15, 0.2) is 24.3 Å². The second-order valence-electron chi connectivity index (χ2n) is 4.42. The quantitative estimate of drug-likeness (QED) is 0.829. The molecule has 0 aromatic heterocycles. The van der Waals surface area contributed by atoms with Gasteiger partial charge in [-0.2, -0.15) is 8.78 Å². The molecule has 0 aliphatic rings. The van der Waals surface area contributed by atoms with E-state index in [1.165, 1.54) is 12.1 Å². The zero-order valence-corrected chi connectivity index (χ0v) is 10.8. The van der Waals surface area contributed by atoms with Crippen LogP contribution in [0.1, 0.15) is 19.4 Å². The van der Waals surface area contributed by atoms with Crippen molar-refractivity contribution >= 4 is 5.97 Å². The number of ether oxygens (including phenoxy) is 1. The molecule has 0 unspecified atom stereocenters. The van der Waals surface area contributed by atoms with Gasteiger partial charge >= 0.3 is 12.6 Å². The van der Waals surface area contributed by atoms with Crippen molar-refractivity contribution in [3.63, 3.8) is 0 Å². The van der Waals surface area contributed by atoms with Crippen LogP contribution in [0, 0.1) is 0 Å². The van der Waals surface area contributed by atoms with Gasteiger partial charge in [0.15, 0.2) is 0 Å². The fourth-order valence-corrected chi connectivity index (χ4v) is 1.65.